The number of pyridine rings is 1. The molecular weight excluding hydrogens is 471 g/mol. The Hall–Kier alpha value is -4.78. The molecule has 0 spiro atoms. The van der Waals surface area contributed by atoms with E-state index in [2.05, 4.69) is 4.98 Å². The fraction of sp³-hybridized carbons (Fsp3) is 0.100. The standard InChI is InChI=1S/C30H23FN2O4/c31-24-13-11-22(12-14-24)28(34)26-27(33(30(36)29(26)35)18-21-8-5-15-32-17-21)23-9-4-10-25(16-23)37-19-20-6-2-1-3-7-20/h1-17,27,34H,18-19H2/t27-/m1/s1. The first-order valence-electron chi connectivity index (χ1n) is 11.7. The van der Waals surface area contributed by atoms with Gasteiger partial charge in [-0.05, 0) is 59.2 Å². The Morgan fingerprint density at radius 3 is 2.41 bits per heavy atom. The summed E-state index contributed by atoms with van der Waals surface area (Å²) in [6.45, 7) is 0.453. The average Bonchev–Trinajstić information content (AvgIpc) is 3.18. The monoisotopic (exact) mass is 494 g/mol. The highest BCUT2D eigenvalue weighted by Gasteiger charge is 2.46. The molecule has 3 aromatic carbocycles. The summed E-state index contributed by atoms with van der Waals surface area (Å²) in [4.78, 5) is 32.0. The van der Waals surface area contributed by atoms with Crippen molar-refractivity contribution in [1.29, 1.82) is 0 Å². The number of aliphatic hydroxyl groups excluding tert-OH is 1. The second-order valence-corrected chi connectivity index (χ2v) is 8.64. The molecule has 1 saturated heterocycles. The fourth-order valence-electron chi connectivity index (χ4n) is 4.36. The predicted octanol–water partition coefficient (Wildman–Crippen LogP) is 5.42. The highest BCUT2D eigenvalue weighted by atomic mass is 19.1. The number of nitrogens with zero attached hydrogens (tertiary/aromatic N) is 2. The number of amides is 1. The summed E-state index contributed by atoms with van der Waals surface area (Å²) >= 11 is 0. The van der Waals surface area contributed by atoms with E-state index in [4.69, 9.17) is 4.74 Å². The van der Waals surface area contributed by atoms with Gasteiger partial charge in [0.05, 0.1) is 11.6 Å². The highest BCUT2D eigenvalue weighted by Crippen LogP contribution is 2.41. The number of carbonyl (C=O) groups excluding carboxylic acids is 2. The van der Waals surface area contributed by atoms with Gasteiger partial charge in [0.1, 0.15) is 23.9 Å². The third-order valence-corrected chi connectivity index (χ3v) is 6.16. The molecule has 0 bridgehead atoms. The fourth-order valence-corrected chi connectivity index (χ4v) is 4.36. The van der Waals surface area contributed by atoms with E-state index in [9.17, 15) is 19.1 Å². The lowest BCUT2D eigenvalue weighted by atomic mass is 9.95. The summed E-state index contributed by atoms with van der Waals surface area (Å²) in [5.74, 6) is -1.85. The Morgan fingerprint density at radius 2 is 1.68 bits per heavy atom. The number of ether oxygens (including phenoxy) is 1. The molecule has 1 aromatic heterocycles. The van der Waals surface area contributed by atoms with Crippen LogP contribution in [-0.2, 0) is 22.7 Å². The molecule has 6 nitrogen and oxygen atoms in total. The van der Waals surface area contributed by atoms with Crippen molar-refractivity contribution >= 4 is 17.4 Å². The first-order chi connectivity index (χ1) is 18.0. The first-order valence-corrected chi connectivity index (χ1v) is 11.7. The maximum atomic E-state index is 13.5. The molecule has 1 atom stereocenters. The number of halogens is 1. The number of hydrogen-bond donors (Lipinski definition) is 1. The van der Waals surface area contributed by atoms with Crippen LogP contribution in [0.3, 0.4) is 0 Å². The number of likely N-dealkylation sites (tertiary alicyclic amines) is 1. The summed E-state index contributed by atoms with van der Waals surface area (Å²) < 4.78 is 19.5. The predicted molar refractivity (Wildman–Crippen MR) is 136 cm³/mol. The van der Waals surface area contributed by atoms with Crippen molar-refractivity contribution in [2.75, 3.05) is 0 Å². The number of ketones is 1. The van der Waals surface area contributed by atoms with E-state index in [0.29, 0.717) is 17.9 Å². The lowest BCUT2D eigenvalue weighted by Gasteiger charge is -2.25. The van der Waals surface area contributed by atoms with E-state index >= 15 is 0 Å². The van der Waals surface area contributed by atoms with E-state index < -0.39 is 23.5 Å². The van der Waals surface area contributed by atoms with Gasteiger partial charge in [0, 0.05) is 24.5 Å². The summed E-state index contributed by atoms with van der Waals surface area (Å²) in [5, 5.41) is 11.2. The van der Waals surface area contributed by atoms with Gasteiger partial charge in [0.25, 0.3) is 11.7 Å². The van der Waals surface area contributed by atoms with Gasteiger partial charge in [-0.1, -0.05) is 48.5 Å². The second kappa shape index (κ2) is 10.5. The maximum Gasteiger partial charge on any atom is 0.295 e. The molecule has 0 saturated carbocycles. The molecule has 37 heavy (non-hydrogen) atoms. The third kappa shape index (κ3) is 5.11. The van der Waals surface area contributed by atoms with Gasteiger partial charge in [0.2, 0.25) is 0 Å². The molecule has 0 aliphatic carbocycles. The van der Waals surface area contributed by atoms with E-state index in [0.717, 1.165) is 11.1 Å². The van der Waals surface area contributed by atoms with Crippen LogP contribution in [0.2, 0.25) is 0 Å². The topological polar surface area (TPSA) is 79.7 Å². The number of aliphatic hydroxyl groups is 1. The molecule has 184 valence electrons. The van der Waals surface area contributed by atoms with Gasteiger partial charge in [-0.15, -0.1) is 0 Å². The van der Waals surface area contributed by atoms with Crippen molar-refractivity contribution in [3.8, 4) is 5.75 Å². The van der Waals surface area contributed by atoms with Crippen molar-refractivity contribution < 1.29 is 23.8 Å². The molecule has 1 aliphatic rings. The quantitative estimate of drug-likeness (QED) is 0.211. The van der Waals surface area contributed by atoms with Crippen molar-refractivity contribution in [2.45, 2.75) is 19.2 Å². The number of Topliss-reactive ketones (excluding diaryl/α,β-unsaturated/α-hetero) is 1. The van der Waals surface area contributed by atoms with Crippen LogP contribution < -0.4 is 4.74 Å². The minimum Gasteiger partial charge on any atom is -0.507 e. The van der Waals surface area contributed by atoms with Crippen LogP contribution in [-0.4, -0.2) is 26.7 Å². The number of hydrogen-bond acceptors (Lipinski definition) is 5. The van der Waals surface area contributed by atoms with Crippen molar-refractivity contribution in [2.24, 2.45) is 0 Å². The zero-order chi connectivity index (χ0) is 25.8. The molecule has 1 N–H and O–H groups in total. The van der Waals surface area contributed by atoms with Gasteiger partial charge in [-0.25, -0.2) is 4.39 Å². The summed E-state index contributed by atoms with van der Waals surface area (Å²) in [6.07, 6.45) is 3.24. The van der Waals surface area contributed by atoms with Gasteiger partial charge in [-0.3, -0.25) is 14.6 Å². The minimum absolute atomic E-state index is 0.0688. The van der Waals surface area contributed by atoms with Crippen LogP contribution in [0, 0.1) is 5.82 Å². The molecular formula is C30H23FN2O4. The molecule has 0 unspecified atom stereocenters. The van der Waals surface area contributed by atoms with E-state index in [1.165, 1.54) is 29.2 Å². The normalized spacial score (nSPS) is 16.7. The number of benzene rings is 3. The minimum atomic E-state index is -0.884. The highest BCUT2D eigenvalue weighted by molar-refractivity contribution is 6.46. The molecule has 1 aliphatic heterocycles. The molecule has 7 heteroatoms. The zero-order valence-electron chi connectivity index (χ0n) is 19.8. The van der Waals surface area contributed by atoms with Crippen LogP contribution in [0.5, 0.6) is 5.75 Å². The third-order valence-electron chi connectivity index (χ3n) is 6.16. The number of carbonyl (C=O) groups is 2. The van der Waals surface area contributed by atoms with Crippen LogP contribution in [0.1, 0.15) is 28.3 Å². The van der Waals surface area contributed by atoms with Crippen molar-refractivity contribution in [3.63, 3.8) is 0 Å². The smallest absolute Gasteiger partial charge is 0.295 e. The van der Waals surface area contributed by atoms with Gasteiger partial charge in [-0.2, -0.15) is 0 Å². The Labute approximate surface area is 213 Å². The molecule has 0 radical (unpaired) electrons. The van der Waals surface area contributed by atoms with Crippen molar-refractivity contribution in [1.82, 2.24) is 9.88 Å². The van der Waals surface area contributed by atoms with Gasteiger partial charge >= 0.3 is 0 Å². The number of rotatable bonds is 7. The molecule has 1 fully saturated rings. The lowest BCUT2D eigenvalue weighted by Crippen LogP contribution is -2.29. The largest absolute Gasteiger partial charge is 0.507 e. The van der Waals surface area contributed by atoms with Crippen LogP contribution in [0.15, 0.2) is 109 Å². The second-order valence-electron chi connectivity index (χ2n) is 8.64. The Balaban J connectivity index is 1.56. The van der Waals surface area contributed by atoms with Crippen molar-refractivity contribution in [3.05, 3.63) is 137 Å². The summed E-state index contributed by atoms with van der Waals surface area (Å²) in [5.41, 5.74) is 2.49. The Bertz CT molecular complexity index is 1450. The first kappa shape index (κ1) is 23.9. The summed E-state index contributed by atoms with van der Waals surface area (Å²) in [7, 11) is 0. The molecule has 4 aromatic rings. The zero-order valence-corrected chi connectivity index (χ0v) is 19.8. The average molecular weight is 495 g/mol. The van der Waals surface area contributed by atoms with Crippen LogP contribution in [0.4, 0.5) is 4.39 Å². The number of aromatic nitrogens is 1. The van der Waals surface area contributed by atoms with Crippen LogP contribution >= 0.6 is 0 Å². The van der Waals surface area contributed by atoms with Gasteiger partial charge < -0.3 is 14.7 Å². The Morgan fingerprint density at radius 1 is 0.919 bits per heavy atom. The molecule has 5 rings (SSSR count). The lowest BCUT2D eigenvalue weighted by molar-refractivity contribution is -0.140. The Kier molecular flexibility index (Phi) is 6.76. The van der Waals surface area contributed by atoms with E-state index in [1.807, 2.05) is 36.4 Å². The SMILES string of the molecule is O=C1C(=O)N(Cc2cccnc2)[C@H](c2cccc(OCc3ccccc3)c2)C1=C(O)c1ccc(F)cc1. The maximum absolute atomic E-state index is 13.5. The molecule has 1 amide bonds. The molecule has 2 heterocycles. The van der Waals surface area contributed by atoms with Gasteiger partial charge in [0.15, 0.2) is 0 Å². The van der Waals surface area contributed by atoms with E-state index in [1.54, 1.807) is 42.7 Å². The van der Waals surface area contributed by atoms with E-state index in [-0.39, 0.29) is 23.4 Å². The van der Waals surface area contributed by atoms with Crippen LogP contribution in [0.25, 0.3) is 5.76 Å². The summed E-state index contributed by atoms with van der Waals surface area (Å²) in [6, 6.07) is 24.6.